The third kappa shape index (κ3) is 2.22. The molecular formula is C22H29FO5. The first-order valence-electron chi connectivity index (χ1n) is 10.2. The van der Waals surface area contributed by atoms with Crippen LogP contribution in [0.15, 0.2) is 23.6 Å². The second kappa shape index (κ2) is 6.07. The van der Waals surface area contributed by atoms with Crippen molar-refractivity contribution >= 4 is 11.6 Å². The van der Waals surface area contributed by atoms with Crippen molar-refractivity contribution in [1.29, 1.82) is 0 Å². The summed E-state index contributed by atoms with van der Waals surface area (Å²) in [5.41, 5.74) is -2.42. The van der Waals surface area contributed by atoms with Crippen LogP contribution in [0.5, 0.6) is 0 Å². The van der Waals surface area contributed by atoms with E-state index in [9.17, 15) is 29.3 Å². The summed E-state index contributed by atoms with van der Waals surface area (Å²) in [6.45, 7) is 4.83. The fourth-order valence-electron chi connectivity index (χ4n) is 7.43. The van der Waals surface area contributed by atoms with Gasteiger partial charge in [-0.05, 0) is 55.6 Å². The second-order valence-electron chi connectivity index (χ2n) is 9.82. The van der Waals surface area contributed by atoms with E-state index < -0.39 is 46.5 Å². The molecule has 0 aromatic rings. The van der Waals surface area contributed by atoms with E-state index in [4.69, 9.17) is 0 Å². The maximum atomic E-state index is 14.2. The lowest BCUT2D eigenvalue weighted by atomic mass is 9.46. The van der Waals surface area contributed by atoms with Crippen LogP contribution in [-0.2, 0) is 9.59 Å². The number of Topliss-reactive ketones (excluding diaryl/α,β-unsaturated/α-hetero) is 1. The Balaban J connectivity index is 1.79. The Morgan fingerprint density at radius 1 is 1.36 bits per heavy atom. The lowest BCUT2D eigenvalue weighted by Gasteiger charge is -2.59. The standard InChI is InChI=1S/C22H29FO5/c1-11-6-14-13-5-4-12-7-16(25)15(23)8-20(12,2)19(13)17(26)9-21(14,3)22(11,28)18(27)10-24/h7-8,11,13-14,17,19,24,26,28H,4-6,9-10H2,1-3H3/t11-,13+,14+,17-,19-,20+,21+,22+/m1/s1. The van der Waals surface area contributed by atoms with E-state index in [2.05, 4.69) is 0 Å². The van der Waals surface area contributed by atoms with Crippen LogP contribution in [0.25, 0.3) is 0 Å². The van der Waals surface area contributed by atoms with Crippen molar-refractivity contribution in [3.63, 3.8) is 0 Å². The summed E-state index contributed by atoms with van der Waals surface area (Å²) in [4.78, 5) is 24.4. The zero-order valence-electron chi connectivity index (χ0n) is 16.6. The first-order valence-corrected chi connectivity index (χ1v) is 10.2. The number of fused-ring (bicyclic) bond motifs is 5. The van der Waals surface area contributed by atoms with Crippen molar-refractivity contribution < 1.29 is 29.3 Å². The Kier molecular flexibility index (Phi) is 4.32. The van der Waals surface area contributed by atoms with Crippen molar-refractivity contribution in [2.45, 2.75) is 58.2 Å². The zero-order valence-corrected chi connectivity index (χ0v) is 16.6. The highest BCUT2D eigenvalue weighted by Crippen LogP contribution is 2.68. The molecule has 0 amide bonds. The summed E-state index contributed by atoms with van der Waals surface area (Å²) in [7, 11) is 0. The van der Waals surface area contributed by atoms with Crippen molar-refractivity contribution in [3.05, 3.63) is 23.6 Å². The molecular weight excluding hydrogens is 363 g/mol. The summed E-state index contributed by atoms with van der Waals surface area (Å²) in [6, 6.07) is 0. The lowest BCUT2D eigenvalue weighted by Crippen LogP contribution is -2.62. The number of rotatable bonds is 2. The van der Waals surface area contributed by atoms with E-state index in [0.29, 0.717) is 12.8 Å². The summed E-state index contributed by atoms with van der Waals surface area (Å²) >= 11 is 0. The smallest absolute Gasteiger partial charge is 0.213 e. The van der Waals surface area contributed by atoms with Gasteiger partial charge in [-0.15, -0.1) is 0 Å². The molecule has 8 atom stereocenters. The molecule has 28 heavy (non-hydrogen) atoms. The maximum Gasteiger partial charge on any atom is 0.213 e. The normalized spacial score (nSPS) is 50.2. The van der Waals surface area contributed by atoms with Gasteiger partial charge in [0.1, 0.15) is 12.2 Å². The van der Waals surface area contributed by atoms with Gasteiger partial charge in [-0.2, -0.15) is 0 Å². The quantitative estimate of drug-likeness (QED) is 0.669. The molecule has 0 aromatic heterocycles. The van der Waals surface area contributed by atoms with Crippen LogP contribution < -0.4 is 0 Å². The highest BCUT2D eigenvalue weighted by Gasteiger charge is 2.70. The molecule has 3 fully saturated rings. The summed E-state index contributed by atoms with van der Waals surface area (Å²) in [5.74, 6) is -2.62. The Bertz CT molecular complexity index is 803. The Hall–Kier alpha value is -1.37. The van der Waals surface area contributed by atoms with Crippen LogP contribution in [-0.4, -0.2) is 45.2 Å². The number of hydrogen-bond acceptors (Lipinski definition) is 5. The van der Waals surface area contributed by atoms with Crippen LogP contribution in [0.2, 0.25) is 0 Å². The van der Waals surface area contributed by atoms with E-state index in [1.807, 2.05) is 20.8 Å². The van der Waals surface area contributed by atoms with Gasteiger partial charge in [0.25, 0.3) is 0 Å². The van der Waals surface area contributed by atoms with Gasteiger partial charge < -0.3 is 15.3 Å². The average Bonchev–Trinajstić information content (AvgIpc) is 2.83. The predicted octanol–water partition coefficient (Wildman–Crippen LogP) is 2.10. The first-order chi connectivity index (χ1) is 13.0. The second-order valence-corrected chi connectivity index (χ2v) is 9.82. The lowest BCUT2D eigenvalue weighted by molar-refractivity contribution is -0.183. The molecule has 0 aromatic carbocycles. The number of carbonyl (C=O) groups is 2. The van der Waals surface area contributed by atoms with Crippen molar-refractivity contribution in [3.8, 4) is 0 Å². The fraction of sp³-hybridized carbons (Fsp3) is 0.727. The molecule has 5 nitrogen and oxygen atoms in total. The summed E-state index contributed by atoms with van der Waals surface area (Å²) < 4.78 is 14.2. The van der Waals surface area contributed by atoms with Crippen LogP contribution in [0, 0.1) is 34.5 Å². The van der Waals surface area contributed by atoms with E-state index in [-0.39, 0.29) is 30.1 Å². The van der Waals surface area contributed by atoms with Gasteiger partial charge in [-0.1, -0.05) is 26.3 Å². The molecule has 6 heteroatoms. The zero-order chi connectivity index (χ0) is 20.6. The van der Waals surface area contributed by atoms with E-state index in [1.165, 1.54) is 12.2 Å². The fourth-order valence-corrected chi connectivity index (χ4v) is 7.43. The highest BCUT2D eigenvalue weighted by atomic mass is 19.1. The highest BCUT2D eigenvalue weighted by molar-refractivity contribution is 6.04. The van der Waals surface area contributed by atoms with Gasteiger partial charge >= 0.3 is 0 Å². The van der Waals surface area contributed by atoms with Crippen molar-refractivity contribution in [1.82, 2.24) is 0 Å². The number of carbonyl (C=O) groups excluding carboxylic acids is 2. The van der Waals surface area contributed by atoms with E-state index in [1.54, 1.807) is 0 Å². The Morgan fingerprint density at radius 3 is 2.68 bits per heavy atom. The monoisotopic (exact) mass is 392 g/mol. The molecule has 4 aliphatic carbocycles. The van der Waals surface area contributed by atoms with E-state index >= 15 is 0 Å². The van der Waals surface area contributed by atoms with Crippen LogP contribution in [0.4, 0.5) is 4.39 Å². The molecule has 4 rings (SSSR count). The van der Waals surface area contributed by atoms with Crippen molar-refractivity contribution in [2.24, 2.45) is 34.5 Å². The third-order valence-electron chi connectivity index (χ3n) is 8.70. The Labute approximate surface area is 164 Å². The van der Waals surface area contributed by atoms with Crippen LogP contribution >= 0.6 is 0 Å². The molecule has 0 unspecified atom stereocenters. The molecule has 0 radical (unpaired) electrons. The number of aliphatic hydroxyl groups excluding tert-OH is 2. The molecule has 4 aliphatic rings. The molecule has 0 saturated heterocycles. The number of aliphatic hydroxyl groups is 3. The first kappa shape index (κ1) is 19.9. The van der Waals surface area contributed by atoms with Gasteiger partial charge in [0.15, 0.2) is 11.6 Å². The molecule has 0 bridgehead atoms. The molecule has 0 heterocycles. The summed E-state index contributed by atoms with van der Waals surface area (Å²) in [6.07, 6.45) is 4.09. The summed E-state index contributed by atoms with van der Waals surface area (Å²) in [5, 5.41) is 32.1. The number of allylic oxidation sites excluding steroid dienone is 4. The topological polar surface area (TPSA) is 94.8 Å². The predicted molar refractivity (Wildman–Crippen MR) is 99.6 cm³/mol. The molecule has 3 saturated carbocycles. The largest absolute Gasteiger partial charge is 0.393 e. The number of halogens is 1. The number of hydrogen-bond donors (Lipinski definition) is 3. The molecule has 3 N–H and O–H groups in total. The van der Waals surface area contributed by atoms with E-state index in [0.717, 1.165) is 12.0 Å². The Morgan fingerprint density at radius 2 is 2.04 bits per heavy atom. The third-order valence-corrected chi connectivity index (χ3v) is 8.70. The SMILES string of the molecule is C[C@@H]1C[C@H]2[C@@H]3CCC4=CC(=O)C(F)=C[C@]4(C)[C@H]3[C@H](O)C[C@]2(C)[C@@]1(O)C(=O)CO. The van der Waals surface area contributed by atoms with Gasteiger partial charge in [0.2, 0.25) is 5.78 Å². The van der Waals surface area contributed by atoms with Gasteiger partial charge in [-0.25, -0.2) is 4.39 Å². The average molecular weight is 392 g/mol. The minimum absolute atomic E-state index is 0.00359. The van der Waals surface area contributed by atoms with Crippen LogP contribution in [0.3, 0.4) is 0 Å². The molecule has 154 valence electrons. The van der Waals surface area contributed by atoms with Gasteiger partial charge in [0, 0.05) is 16.7 Å². The van der Waals surface area contributed by atoms with Gasteiger partial charge in [-0.3, -0.25) is 9.59 Å². The minimum atomic E-state index is -1.68. The van der Waals surface area contributed by atoms with Gasteiger partial charge in [0.05, 0.1) is 6.10 Å². The molecule has 0 spiro atoms. The minimum Gasteiger partial charge on any atom is -0.393 e. The number of ketones is 2. The van der Waals surface area contributed by atoms with Crippen LogP contribution in [0.1, 0.15) is 46.5 Å². The molecule has 0 aliphatic heterocycles. The van der Waals surface area contributed by atoms with Crippen molar-refractivity contribution in [2.75, 3.05) is 6.61 Å². The maximum absolute atomic E-state index is 14.2.